The van der Waals surface area contributed by atoms with Crippen LogP contribution in [-0.4, -0.2) is 204 Å². The van der Waals surface area contributed by atoms with E-state index in [4.69, 9.17) is 5.73 Å². The minimum atomic E-state index is -3.53. The largest absolute Gasteiger partial charge is 0.390 e. The van der Waals surface area contributed by atoms with Gasteiger partial charge in [0.25, 0.3) is 17.8 Å². The Balaban J connectivity index is 0.000000151. The van der Waals surface area contributed by atoms with Crippen LogP contribution in [0.25, 0.3) is 32.7 Å². The average molecular weight is 1640 g/mol. The number of aromatic nitrogens is 3. The van der Waals surface area contributed by atoms with Crippen LogP contribution in [-0.2, 0) is 19.3 Å². The Hall–Kier alpha value is -7.52. The van der Waals surface area contributed by atoms with Crippen LogP contribution in [0.1, 0.15) is 184 Å². The fraction of sp³-hybridized carbons (Fsp3) is 0.517. The molecule has 0 radical (unpaired) electrons. The van der Waals surface area contributed by atoms with Crippen molar-refractivity contribution < 1.29 is 87.0 Å². The molecule has 630 valence electrons. The number of unbranched alkanes of at least 4 members (excludes halogenated alkanes) is 3. The molecule has 6 aliphatic rings. The second-order valence-corrected chi connectivity index (χ2v) is 33.1. The highest BCUT2D eigenvalue weighted by molar-refractivity contribution is 5.88. The van der Waals surface area contributed by atoms with Crippen molar-refractivity contribution in [3.63, 3.8) is 0 Å². The summed E-state index contributed by atoms with van der Waals surface area (Å²) in [6, 6.07) is 17.1. The summed E-state index contributed by atoms with van der Waals surface area (Å²) in [6.07, 6.45) is 5.00. The van der Waals surface area contributed by atoms with Crippen molar-refractivity contribution in [2.45, 2.75) is 172 Å². The average Bonchev–Trinajstić information content (AvgIpc) is 1.53. The molecule has 0 saturated carbocycles. The van der Waals surface area contributed by atoms with E-state index in [0.717, 1.165) is 112 Å². The van der Waals surface area contributed by atoms with Crippen molar-refractivity contribution >= 4 is 32.7 Å². The third-order valence-electron chi connectivity index (χ3n) is 24.6. The molecule has 116 heavy (non-hydrogen) atoms. The fourth-order valence-electron chi connectivity index (χ4n) is 18.4. The van der Waals surface area contributed by atoms with E-state index >= 15 is 26.3 Å². The number of hydrogen-bond acceptors (Lipinski definition) is 12. The van der Waals surface area contributed by atoms with Gasteiger partial charge in [0.2, 0.25) is 0 Å². The number of likely N-dealkylation sites (tertiary alicyclic amines) is 3. The SMILES string of the molecule is CCCCN1CC(C(N)c2cc(F)c([C@@H]3c4[nH]c5ccccc5c4C[C@@H](C)N3CC(F)(F)CO)c(F)c2)C1.CCCCN1CC([C@@H](O)c2cc(F)c([C@@H]3c4[nH]c5cccc(F)c5c4C[C@@H](C)N3CC(F)(F)CO)c(F)c2)C1.CCCCN1CC([C@H](O)c2cc(F)c([C@@H]3c4[nH]c5cccc(F)c5c4C[C@@H](C)N3CC(F)(F)CO)c(F)c2)C1. The van der Waals surface area contributed by atoms with Crippen LogP contribution in [0, 0.1) is 64.3 Å². The molecule has 15 rings (SSSR count). The van der Waals surface area contributed by atoms with Crippen LogP contribution in [0.2, 0.25) is 0 Å². The molecule has 10 N–H and O–H groups in total. The molecule has 9 atom stereocenters. The zero-order valence-electron chi connectivity index (χ0n) is 65.9. The number of aliphatic hydroxyl groups excluding tert-OH is 5. The Morgan fingerprint density at radius 2 is 0.707 bits per heavy atom. The minimum Gasteiger partial charge on any atom is -0.390 e. The molecule has 9 aromatic rings. The van der Waals surface area contributed by atoms with Crippen LogP contribution in [0.3, 0.4) is 0 Å². The number of hydrogen-bond donors (Lipinski definition) is 9. The third-order valence-corrected chi connectivity index (χ3v) is 24.6. The Labute approximate surface area is 665 Å². The van der Waals surface area contributed by atoms with Gasteiger partial charge in [0.1, 0.15) is 66.4 Å². The topological polar surface area (TPSA) is 194 Å². The van der Waals surface area contributed by atoms with Gasteiger partial charge < -0.3 is 60.9 Å². The van der Waals surface area contributed by atoms with Gasteiger partial charge in [-0.25, -0.2) is 61.5 Å². The second kappa shape index (κ2) is 35.4. The first kappa shape index (κ1) is 86.3. The molecule has 0 spiro atoms. The lowest BCUT2D eigenvalue weighted by atomic mass is 9.84. The number of halogens is 14. The van der Waals surface area contributed by atoms with Crippen molar-refractivity contribution in [3.05, 3.63) is 211 Å². The van der Waals surface area contributed by atoms with E-state index in [1.165, 1.54) is 51.1 Å². The van der Waals surface area contributed by atoms with E-state index in [1.807, 2.05) is 24.3 Å². The molecular formula is C87H104F14N10O5. The molecule has 3 fully saturated rings. The molecule has 6 aliphatic heterocycles. The summed E-state index contributed by atoms with van der Waals surface area (Å²) in [6.45, 7) is 11.3. The maximum absolute atomic E-state index is 15.9. The van der Waals surface area contributed by atoms with Crippen LogP contribution >= 0.6 is 0 Å². The smallest absolute Gasteiger partial charge is 0.283 e. The first-order valence-corrected chi connectivity index (χ1v) is 40.4. The van der Waals surface area contributed by atoms with E-state index in [9.17, 15) is 60.7 Å². The monoisotopic (exact) mass is 1630 g/mol. The predicted molar refractivity (Wildman–Crippen MR) is 416 cm³/mol. The summed E-state index contributed by atoms with van der Waals surface area (Å²) in [5, 5.41) is 50.9. The number of alkyl halides is 6. The lowest BCUT2D eigenvalue weighted by molar-refractivity contribution is -0.0870. The molecule has 0 aliphatic carbocycles. The molecular weight excluding hydrogens is 1530 g/mol. The van der Waals surface area contributed by atoms with E-state index in [2.05, 4.69) is 50.4 Å². The zero-order valence-corrected chi connectivity index (χ0v) is 65.9. The summed E-state index contributed by atoms with van der Waals surface area (Å²) in [4.78, 5) is 19.9. The number of nitrogens with one attached hydrogen (secondary N) is 3. The normalized spacial score (nSPS) is 21.8. The summed E-state index contributed by atoms with van der Waals surface area (Å²) < 4.78 is 212. The molecule has 3 saturated heterocycles. The highest BCUT2D eigenvalue weighted by Gasteiger charge is 2.49. The first-order chi connectivity index (χ1) is 55.2. The molecule has 15 nitrogen and oxygen atoms in total. The van der Waals surface area contributed by atoms with Gasteiger partial charge in [-0.05, 0) is 179 Å². The van der Waals surface area contributed by atoms with E-state index in [0.29, 0.717) is 66.0 Å². The summed E-state index contributed by atoms with van der Waals surface area (Å²) in [5.74, 6) is -17.3. The highest BCUT2D eigenvalue weighted by atomic mass is 19.3. The Morgan fingerprint density at radius 1 is 0.405 bits per heavy atom. The second-order valence-electron chi connectivity index (χ2n) is 33.1. The van der Waals surface area contributed by atoms with Crippen molar-refractivity contribution in [3.8, 4) is 0 Å². The number of fused-ring (bicyclic) bond motifs is 9. The van der Waals surface area contributed by atoms with E-state index in [1.54, 1.807) is 32.9 Å². The number of aromatic amines is 3. The van der Waals surface area contributed by atoms with Gasteiger partial charge in [-0.1, -0.05) is 70.4 Å². The molecule has 0 amide bonds. The summed E-state index contributed by atoms with van der Waals surface area (Å²) >= 11 is 0. The molecule has 6 aromatic carbocycles. The minimum absolute atomic E-state index is 0.0907. The number of rotatable bonds is 27. The van der Waals surface area contributed by atoms with Gasteiger partial charge in [0, 0.05) is 148 Å². The van der Waals surface area contributed by atoms with Crippen molar-refractivity contribution in [2.24, 2.45) is 23.5 Å². The quantitative estimate of drug-likeness (QED) is 0.0222. The standard InChI is InChI=1S/2C29H34F5N3O2.C29H36F4N4O/c2*1-3-4-8-36-12-18(13-36)28(39)17-10-21(31)25(22(32)11-17)27-26-19(24-20(30)6-5-7-23(24)35-26)9-16(2)37(27)14-29(33,34)15-38;1-3-4-9-36-13-19(14-36)26(34)18-11-22(30)25(23(31)12-18)28-27-21(20-7-5-6-8-24(20)35-27)10-17(2)37(28)15-29(32,33)16-38/h2*5-7,10-11,16,18,27-28,35,38-39H,3-4,8-9,12-15H2,1-2H3;5-8,11-12,17,19,26,28,35,38H,3-4,9-10,13-16,34H2,1-2H3/t16-,27-,28+;16-,27-,28-;17-,26?,28-/m111/s1. The van der Waals surface area contributed by atoms with Crippen molar-refractivity contribution in [1.82, 2.24) is 44.4 Å². The van der Waals surface area contributed by atoms with Crippen LogP contribution in [0.4, 0.5) is 61.5 Å². The molecule has 9 heterocycles. The van der Waals surface area contributed by atoms with Gasteiger partial charge >= 0.3 is 0 Å². The lowest BCUT2D eigenvalue weighted by Gasteiger charge is -2.43. The Bertz CT molecular complexity index is 4650. The van der Waals surface area contributed by atoms with Gasteiger partial charge in [-0.3, -0.25) is 14.7 Å². The number of nitrogens with zero attached hydrogens (tertiary/aromatic N) is 6. The molecule has 3 aromatic heterocycles. The molecule has 29 heteroatoms. The van der Waals surface area contributed by atoms with Crippen LogP contribution < -0.4 is 5.73 Å². The number of benzene rings is 6. The fourth-order valence-corrected chi connectivity index (χ4v) is 18.4. The Morgan fingerprint density at radius 3 is 1.05 bits per heavy atom. The van der Waals surface area contributed by atoms with Gasteiger partial charge in [0.05, 0.1) is 50.0 Å². The maximum Gasteiger partial charge on any atom is 0.283 e. The first-order valence-electron chi connectivity index (χ1n) is 40.4. The summed E-state index contributed by atoms with van der Waals surface area (Å²) in [5.41, 5.74) is 10.2. The van der Waals surface area contributed by atoms with Crippen LogP contribution in [0.15, 0.2) is 97.1 Å². The predicted octanol–water partition coefficient (Wildman–Crippen LogP) is 15.8. The van der Waals surface area contributed by atoms with Crippen molar-refractivity contribution in [2.75, 3.05) is 98.4 Å². The summed E-state index contributed by atoms with van der Waals surface area (Å²) in [7, 11) is 0. The van der Waals surface area contributed by atoms with Gasteiger partial charge in [-0.15, -0.1) is 0 Å². The van der Waals surface area contributed by atoms with E-state index in [-0.39, 0.29) is 69.4 Å². The lowest BCUT2D eigenvalue weighted by Crippen LogP contribution is -2.51. The van der Waals surface area contributed by atoms with E-state index < -0.39 is 169 Å². The third kappa shape index (κ3) is 17.6. The number of nitrogens with two attached hydrogens (primary N) is 1. The number of para-hydroxylation sites is 1. The zero-order chi connectivity index (χ0) is 83.3. The van der Waals surface area contributed by atoms with Crippen LogP contribution in [0.5, 0.6) is 0 Å². The number of H-pyrrole nitrogens is 3. The Kier molecular flexibility index (Phi) is 26.4. The van der Waals surface area contributed by atoms with Gasteiger partial charge in [0.15, 0.2) is 0 Å². The van der Waals surface area contributed by atoms with Crippen molar-refractivity contribution in [1.29, 1.82) is 0 Å². The molecule has 1 unspecified atom stereocenters. The maximum atomic E-state index is 15.9. The van der Waals surface area contributed by atoms with Gasteiger partial charge in [-0.2, -0.15) is 0 Å². The molecule has 0 bridgehead atoms. The number of aliphatic hydroxyl groups is 5. The highest BCUT2D eigenvalue weighted by Crippen LogP contribution is 2.50.